The van der Waals surface area contributed by atoms with E-state index in [2.05, 4.69) is 10.1 Å². The summed E-state index contributed by atoms with van der Waals surface area (Å²) in [6.07, 6.45) is 5.71. The maximum absolute atomic E-state index is 10.7. The number of rotatable bonds is 6. The van der Waals surface area contributed by atoms with Crippen LogP contribution in [0, 0.1) is 0 Å². The minimum atomic E-state index is 0.249. The van der Waals surface area contributed by atoms with Crippen molar-refractivity contribution in [1.82, 2.24) is 10.1 Å². The number of ketones is 1. The van der Waals surface area contributed by atoms with Gasteiger partial charge in [0.15, 0.2) is 5.82 Å². The molecular formula is C11H16N2O2. The summed E-state index contributed by atoms with van der Waals surface area (Å²) in [5, 5.41) is 3.94. The Morgan fingerprint density at radius 3 is 2.93 bits per heavy atom. The first-order valence-electron chi connectivity index (χ1n) is 5.57. The monoisotopic (exact) mass is 208 g/mol. The van der Waals surface area contributed by atoms with E-state index in [0.717, 1.165) is 31.0 Å². The molecule has 82 valence electrons. The molecule has 0 radical (unpaired) electrons. The second kappa shape index (κ2) is 4.55. The van der Waals surface area contributed by atoms with Crippen LogP contribution < -0.4 is 0 Å². The van der Waals surface area contributed by atoms with E-state index in [9.17, 15) is 4.79 Å². The van der Waals surface area contributed by atoms with Crippen molar-refractivity contribution >= 4 is 5.78 Å². The number of carbonyl (C=O) groups excluding carboxylic acids is 1. The molecule has 0 spiro atoms. The lowest BCUT2D eigenvalue weighted by Gasteiger charge is -1.93. The average molecular weight is 208 g/mol. The van der Waals surface area contributed by atoms with Gasteiger partial charge < -0.3 is 9.32 Å². The molecule has 2 rings (SSSR count). The fourth-order valence-electron chi connectivity index (χ4n) is 1.53. The molecular weight excluding hydrogens is 192 g/mol. The third-order valence-corrected chi connectivity index (χ3v) is 2.60. The van der Waals surface area contributed by atoms with Crippen molar-refractivity contribution in [2.24, 2.45) is 0 Å². The number of nitrogens with zero attached hydrogens (tertiary/aromatic N) is 2. The normalized spacial score (nSPS) is 15.5. The number of hydrogen-bond donors (Lipinski definition) is 0. The van der Waals surface area contributed by atoms with Gasteiger partial charge in [-0.2, -0.15) is 4.98 Å². The second-order valence-electron chi connectivity index (χ2n) is 4.23. The average Bonchev–Trinajstić information content (AvgIpc) is 2.94. The zero-order valence-electron chi connectivity index (χ0n) is 9.03. The molecule has 0 unspecified atom stereocenters. The van der Waals surface area contributed by atoms with Gasteiger partial charge in [0.1, 0.15) is 5.78 Å². The summed E-state index contributed by atoms with van der Waals surface area (Å²) in [4.78, 5) is 15.0. The number of unbranched alkanes of at least 4 members (excludes halogenated alkanes) is 1. The van der Waals surface area contributed by atoms with Crippen molar-refractivity contribution in [2.45, 2.75) is 51.4 Å². The van der Waals surface area contributed by atoms with Crippen LogP contribution in [0.3, 0.4) is 0 Å². The third-order valence-electron chi connectivity index (χ3n) is 2.60. The lowest BCUT2D eigenvalue weighted by molar-refractivity contribution is -0.117. The molecule has 0 amide bonds. The minimum Gasteiger partial charge on any atom is -0.339 e. The molecule has 1 aromatic heterocycles. The maximum Gasteiger partial charge on any atom is 0.226 e. The van der Waals surface area contributed by atoms with Gasteiger partial charge in [0.05, 0.1) is 0 Å². The molecule has 4 heteroatoms. The zero-order valence-corrected chi connectivity index (χ0v) is 9.03. The molecule has 4 nitrogen and oxygen atoms in total. The highest BCUT2D eigenvalue weighted by Gasteiger charge is 2.28. The van der Waals surface area contributed by atoms with Crippen LogP contribution in [0.4, 0.5) is 0 Å². The molecule has 1 aliphatic rings. The quantitative estimate of drug-likeness (QED) is 0.673. The van der Waals surface area contributed by atoms with Crippen molar-refractivity contribution in [3.05, 3.63) is 11.7 Å². The standard InChI is InChI=1S/C11H16N2O2/c1-8(14)4-2-3-5-10-12-11(13-15-10)9-6-7-9/h9H,2-7H2,1H3. The van der Waals surface area contributed by atoms with Crippen LogP contribution in [0.2, 0.25) is 0 Å². The summed E-state index contributed by atoms with van der Waals surface area (Å²) >= 11 is 0. The van der Waals surface area contributed by atoms with Crippen molar-refractivity contribution in [3.8, 4) is 0 Å². The number of aromatic nitrogens is 2. The van der Waals surface area contributed by atoms with Gasteiger partial charge in [-0.3, -0.25) is 0 Å². The fourth-order valence-corrected chi connectivity index (χ4v) is 1.53. The van der Waals surface area contributed by atoms with Crippen LogP contribution >= 0.6 is 0 Å². The molecule has 0 aromatic carbocycles. The van der Waals surface area contributed by atoms with Crippen molar-refractivity contribution in [2.75, 3.05) is 0 Å². The Morgan fingerprint density at radius 1 is 1.47 bits per heavy atom. The van der Waals surface area contributed by atoms with Crippen molar-refractivity contribution in [3.63, 3.8) is 0 Å². The summed E-state index contributed by atoms with van der Waals surface area (Å²) < 4.78 is 5.13. The van der Waals surface area contributed by atoms with Gasteiger partial charge in [-0.15, -0.1) is 0 Å². The maximum atomic E-state index is 10.7. The molecule has 1 aliphatic carbocycles. The van der Waals surface area contributed by atoms with Crippen molar-refractivity contribution < 1.29 is 9.32 Å². The van der Waals surface area contributed by atoms with Gasteiger partial charge in [-0.25, -0.2) is 0 Å². The molecule has 0 N–H and O–H groups in total. The Balaban J connectivity index is 1.71. The number of hydrogen-bond acceptors (Lipinski definition) is 4. The molecule has 1 saturated carbocycles. The SMILES string of the molecule is CC(=O)CCCCc1nc(C2CC2)no1. The van der Waals surface area contributed by atoms with Crippen molar-refractivity contribution in [1.29, 1.82) is 0 Å². The van der Waals surface area contributed by atoms with E-state index in [1.54, 1.807) is 6.92 Å². The fraction of sp³-hybridized carbons (Fsp3) is 0.727. The minimum absolute atomic E-state index is 0.249. The van der Waals surface area contributed by atoms with Crippen LogP contribution in [0.1, 0.15) is 56.7 Å². The largest absolute Gasteiger partial charge is 0.339 e. The number of Topliss-reactive ketones (excluding diaryl/α,β-unsaturated/α-hetero) is 1. The third kappa shape index (κ3) is 3.15. The highest BCUT2D eigenvalue weighted by Crippen LogP contribution is 2.38. The summed E-state index contributed by atoms with van der Waals surface area (Å²) in [6, 6.07) is 0. The van der Waals surface area contributed by atoms with E-state index in [4.69, 9.17) is 4.52 Å². The molecule has 0 saturated heterocycles. The van der Waals surface area contributed by atoms with E-state index >= 15 is 0 Å². The molecule has 1 aromatic rings. The first-order chi connectivity index (χ1) is 7.25. The molecule has 1 heterocycles. The Hall–Kier alpha value is -1.19. The van der Waals surface area contributed by atoms with E-state index in [1.807, 2.05) is 0 Å². The highest BCUT2D eigenvalue weighted by molar-refractivity contribution is 5.75. The predicted octanol–water partition coefficient (Wildman–Crippen LogP) is 2.25. The van der Waals surface area contributed by atoms with E-state index in [-0.39, 0.29) is 5.78 Å². The predicted molar refractivity (Wildman–Crippen MR) is 54.5 cm³/mol. The van der Waals surface area contributed by atoms with Crippen LogP contribution in [-0.4, -0.2) is 15.9 Å². The van der Waals surface area contributed by atoms with Crippen LogP contribution in [0.15, 0.2) is 4.52 Å². The number of aryl methyl sites for hydroxylation is 1. The topological polar surface area (TPSA) is 56.0 Å². The summed E-state index contributed by atoms with van der Waals surface area (Å²) in [7, 11) is 0. The Morgan fingerprint density at radius 2 is 2.27 bits per heavy atom. The lowest BCUT2D eigenvalue weighted by Crippen LogP contribution is -1.92. The first kappa shape index (κ1) is 10.3. The van der Waals surface area contributed by atoms with E-state index < -0.39 is 0 Å². The van der Waals surface area contributed by atoms with E-state index in [0.29, 0.717) is 12.3 Å². The molecule has 15 heavy (non-hydrogen) atoms. The first-order valence-corrected chi connectivity index (χ1v) is 5.57. The Bertz CT molecular complexity index is 342. The van der Waals surface area contributed by atoms with Crippen LogP contribution in [0.25, 0.3) is 0 Å². The summed E-state index contributed by atoms with van der Waals surface area (Å²) in [5.74, 6) is 2.40. The highest BCUT2D eigenvalue weighted by atomic mass is 16.5. The summed E-state index contributed by atoms with van der Waals surface area (Å²) in [6.45, 7) is 1.62. The lowest BCUT2D eigenvalue weighted by atomic mass is 10.1. The summed E-state index contributed by atoms with van der Waals surface area (Å²) in [5.41, 5.74) is 0. The van der Waals surface area contributed by atoms with Gasteiger partial charge >= 0.3 is 0 Å². The van der Waals surface area contributed by atoms with Gasteiger partial charge in [0, 0.05) is 18.8 Å². The van der Waals surface area contributed by atoms with Crippen LogP contribution in [0.5, 0.6) is 0 Å². The molecule has 0 aliphatic heterocycles. The second-order valence-corrected chi connectivity index (χ2v) is 4.23. The molecule has 1 fully saturated rings. The van der Waals surface area contributed by atoms with Gasteiger partial charge in [-0.05, 0) is 32.6 Å². The zero-order chi connectivity index (χ0) is 10.7. The van der Waals surface area contributed by atoms with Gasteiger partial charge in [0.2, 0.25) is 5.89 Å². The van der Waals surface area contributed by atoms with Gasteiger partial charge in [-0.1, -0.05) is 5.16 Å². The Kier molecular flexibility index (Phi) is 3.14. The Labute approximate surface area is 89.1 Å². The smallest absolute Gasteiger partial charge is 0.226 e. The molecule has 0 bridgehead atoms. The number of carbonyl (C=O) groups is 1. The van der Waals surface area contributed by atoms with E-state index in [1.165, 1.54) is 12.8 Å². The van der Waals surface area contributed by atoms with Crippen LogP contribution in [-0.2, 0) is 11.2 Å². The molecule has 0 atom stereocenters. The van der Waals surface area contributed by atoms with Gasteiger partial charge in [0.25, 0.3) is 0 Å².